The van der Waals surface area contributed by atoms with E-state index in [2.05, 4.69) is 10.6 Å². The van der Waals surface area contributed by atoms with Crippen LogP contribution >= 0.6 is 0 Å². The SMILES string of the molecule is COC(=O)[C@H](Cc1ccccc1)NC(=O)[C@H](CC(=O)OC(c1ccccc1)(c1ccccc1)c1ccccc1)NC(=O)OCC1c2ccccc2-c2ccccc21. The number of methoxy groups -OCH3 is 1. The number of benzene rings is 6. The molecule has 0 heterocycles. The topological polar surface area (TPSA) is 120 Å². The van der Waals surface area contributed by atoms with E-state index in [1.807, 2.05) is 170 Å². The zero-order chi connectivity index (χ0) is 39.6. The second-order valence-corrected chi connectivity index (χ2v) is 13.8. The third kappa shape index (κ3) is 8.48. The van der Waals surface area contributed by atoms with Crippen LogP contribution in [-0.4, -0.2) is 49.7 Å². The molecule has 1 aliphatic carbocycles. The Hall–Kier alpha value is -7.00. The molecule has 2 amide bonds. The summed E-state index contributed by atoms with van der Waals surface area (Å²) in [7, 11) is 1.23. The third-order valence-electron chi connectivity index (χ3n) is 10.2. The van der Waals surface area contributed by atoms with E-state index in [1.165, 1.54) is 7.11 Å². The average molecular weight is 759 g/mol. The highest BCUT2D eigenvalue weighted by Crippen LogP contribution is 2.45. The summed E-state index contributed by atoms with van der Waals surface area (Å²) in [5.41, 5.74) is 5.54. The van der Waals surface area contributed by atoms with Gasteiger partial charge >= 0.3 is 18.0 Å². The van der Waals surface area contributed by atoms with E-state index in [-0.39, 0.29) is 18.9 Å². The van der Waals surface area contributed by atoms with E-state index < -0.39 is 48.0 Å². The number of hydrogen-bond donors (Lipinski definition) is 2. The summed E-state index contributed by atoms with van der Waals surface area (Å²) >= 11 is 0. The molecule has 1 aliphatic rings. The molecular formula is C48H42N2O7. The van der Waals surface area contributed by atoms with Crippen molar-refractivity contribution in [3.8, 4) is 11.1 Å². The molecule has 0 bridgehead atoms. The number of esters is 2. The van der Waals surface area contributed by atoms with E-state index in [0.717, 1.165) is 27.8 Å². The molecule has 6 aromatic rings. The van der Waals surface area contributed by atoms with Gasteiger partial charge in [0, 0.05) is 29.0 Å². The van der Waals surface area contributed by atoms with E-state index in [0.29, 0.717) is 16.7 Å². The molecule has 7 rings (SSSR count). The Kier molecular flexibility index (Phi) is 11.8. The molecule has 2 atom stereocenters. The fourth-order valence-electron chi connectivity index (χ4n) is 7.52. The molecule has 0 radical (unpaired) electrons. The zero-order valence-corrected chi connectivity index (χ0v) is 31.4. The van der Waals surface area contributed by atoms with Crippen molar-refractivity contribution in [1.82, 2.24) is 10.6 Å². The van der Waals surface area contributed by atoms with Crippen LogP contribution < -0.4 is 10.6 Å². The maximum atomic E-state index is 14.4. The molecule has 0 fully saturated rings. The van der Waals surface area contributed by atoms with Gasteiger partial charge in [0.05, 0.1) is 13.5 Å². The highest BCUT2D eigenvalue weighted by molar-refractivity contribution is 5.92. The first kappa shape index (κ1) is 38.3. The molecule has 0 aromatic heterocycles. The summed E-state index contributed by atoms with van der Waals surface area (Å²) < 4.78 is 17.4. The standard InChI is InChI=1S/C48H42N2O7/c1-55-46(53)43(30-33-18-6-2-7-19-33)49-45(52)42(50-47(54)56-32-41-39-28-16-14-26-37(39)38-27-15-17-29-40(38)41)31-44(51)57-48(34-20-8-3-9-21-34,35-22-10-4-11-23-35)36-24-12-5-13-25-36/h2-29,41-43H,30-32H2,1H3,(H,49,52)(H,50,54)/t42-,43-/m0/s1. The molecule has 0 saturated carbocycles. The van der Waals surface area contributed by atoms with Gasteiger partial charge in [0.25, 0.3) is 0 Å². The van der Waals surface area contributed by atoms with Gasteiger partial charge in [0.15, 0.2) is 5.60 Å². The van der Waals surface area contributed by atoms with Crippen LogP contribution in [0.15, 0.2) is 170 Å². The minimum Gasteiger partial charge on any atom is -0.467 e. The van der Waals surface area contributed by atoms with Gasteiger partial charge in [0.1, 0.15) is 18.7 Å². The minimum atomic E-state index is -1.50. The maximum absolute atomic E-state index is 14.4. The maximum Gasteiger partial charge on any atom is 0.407 e. The number of ether oxygens (including phenoxy) is 3. The Labute approximate surface area is 331 Å². The molecule has 0 spiro atoms. The molecule has 9 nitrogen and oxygen atoms in total. The highest BCUT2D eigenvalue weighted by Gasteiger charge is 2.42. The Bertz CT molecular complexity index is 2180. The molecule has 286 valence electrons. The molecule has 57 heavy (non-hydrogen) atoms. The molecule has 0 unspecified atom stereocenters. The van der Waals surface area contributed by atoms with Crippen molar-refractivity contribution < 1.29 is 33.4 Å². The first-order chi connectivity index (χ1) is 27.9. The van der Waals surface area contributed by atoms with Crippen LogP contribution in [0, 0.1) is 0 Å². The predicted octanol–water partition coefficient (Wildman–Crippen LogP) is 7.72. The summed E-state index contributed by atoms with van der Waals surface area (Å²) in [6.07, 6.45) is -1.40. The van der Waals surface area contributed by atoms with Gasteiger partial charge < -0.3 is 24.8 Å². The number of alkyl carbamates (subject to hydrolysis) is 1. The summed E-state index contributed by atoms with van der Waals surface area (Å²) in [6.45, 7) is -0.0173. The Balaban J connectivity index is 1.18. The average Bonchev–Trinajstić information content (AvgIpc) is 3.58. The van der Waals surface area contributed by atoms with E-state index in [1.54, 1.807) is 0 Å². The number of amides is 2. The van der Waals surface area contributed by atoms with Crippen molar-refractivity contribution in [2.75, 3.05) is 13.7 Å². The highest BCUT2D eigenvalue weighted by atomic mass is 16.6. The predicted molar refractivity (Wildman–Crippen MR) is 216 cm³/mol. The Morgan fingerprint density at radius 1 is 0.579 bits per heavy atom. The first-order valence-electron chi connectivity index (χ1n) is 18.8. The lowest BCUT2D eigenvalue weighted by Crippen LogP contribution is -2.53. The van der Waals surface area contributed by atoms with E-state index in [4.69, 9.17) is 14.2 Å². The van der Waals surface area contributed by atoms with Crippen molar-refractivity contribution >= 4 is 23.9 Å². The molecule has 9 heteroatoms. The van der Waals surface area contributed by atoms with Crippen molar-refractivity contribution in [2.45, 2.75) is 36.4 Å². The summed E-state index contributed by atoms with van der Waals surface area (Å²) in [5.74, 6) is -2.51. The van der Waals surface area contributed by atoms with Gasteiger partial charge in [-0.2, -0.15) is 0 Å². The van der Waals surface area contributed by atoms with Gasteiger partial charge in [-0.25, -0.2) is 9.59 Å². The largest absolute Gasteiger partial charge is 0.467 e. The lowest BCUT2D eigenvalue weighted by Gasteiger charge is -2.35. The van der Waals surface area contributed by atoms with Crippen LogP contribution in [0.5, 0.6) is 0 Å². The van der Waals surface area contributed by atoms with Gasteiger partial charge in [-0.3, -0.25) is 9.59 Å². The fourth-order valence-corrected chi connectivity index (χ4v) is 7.52. The lowest BCUT2D eigenvalue weighted by atomic mass is 9.80. The molecule has 0 aliphatic heterocycles. The number of rotatable bonds is 14. The van der Waals surface area contributed by atoms with Crippen LogP contribution in [0.3, 0.4) is 0 Å². The number of carbonyl (C=O) groups excluding carboxylic acids is 4. The Morgan fingerprint density at radius 2 is 1.04 bits per heavy atom. The second kappa shape index (κ2) is 17.6. The quantitative estimate of drug-likeness (QED) is 0.0664. The van der Waals surface area contributed by atoms with Gasteiger partial charge in [-0.1, -0.05) is 170 Å². The van der Waals surface area contributed by atoms with Crippen LogP contribution in [0.2, 0.25) is 0 Å². The van der Waals surface area contributed by atoms with Crippen molar-refractivity contribution in [3.63, 3.8) is 0 Å². The summed E-state index contributed by atoms with van der Waals surface area (Å²) in [4.78, 5) is 55.3. The fraction of sp³-hybridized carbons (Fsp3) is 0.167. The second-order valence-electron chi connectivity index (χ2n) is 13.8. The zero-order valence-electron chi connectivity index (χ0n) is 31.4. The minimum absolute atomic E-state index is 0.0173. The van der Waals surface area contributed by atoms with Crippen LogP contribution in [0.25, 0.3) is 11.1 Å². The third-order valence-corrected chi connectivity index (χ3v) is 10.2. The monoisotopic (exact) mass is 758 g/mol. The number of fused-ring (bicyclic) bond motifs is 3. The summed E-state index contributed by atoms with van der Waals surface area (Å²) in [5, 5.41) is 5.34. The van der Waals surface area contributed by atoms with E-state index >= 15 is 0 Å². The van der Waals surface area contributed by atoms with Crippen LogP contribution in [0.4, 0.5) is 4.79 Å². The number of hydrogen-bond acceptors (Lipinski definition) is 7. The lowest BCUT2D eigenvalue weighted by molar-refractivity contribution is -0.155. The van der Waals surface area contributed by atoms with Crippen molar-refractivity contribution in [3.05, 3.63) is 203 Å². The van der Waals surface area contributed by atoms with Crippen molar-refractivity contribution in [1.29, 1.82) is 0 Å². The first-order valence-corrected chi connectivity index (χ1v) is 18.8. The van der Waals surface area contributed by atoms with E-state index in [9.17, 15) is 19.2 Å². The summed E-state index contributed by atoms with van der Waals surface area (Å²) in [6, 6.07) is 50.4. The molecule has 2 N–H and O–H groups in total. The molecule has 6 aromatic carbocycles. The number of nitrogens with one attached hydrogen (secondary N) is 2. The molecular weight excluding hydrogens is 717 g/mol. The van der Waals surface area contributed by atoms with Crippen LogP contribution in [-0.2, 0) is 40.6 Å². The number of carbonyl (C=O) groups is 4. The van der Waals surface area contributed by atoms with Crippen LogP contribution in [0.1, 0.15) is 45.7 Å². The smallest absolute Gasteiger partial charge is 0.407 e. The molecule has 0 saturated heterocycles. The van der Waals surface area contributed by atoms with Gasteiger partial charge in [-0.05, 0) is 27.8 Å². The van der Waals surface area contributed by atoms with Gasteiger partial charge in [0.2, 0.25) is 5.91 Å². The van der Waals surface area contributed by atoms with Crippen molar-refractivity contribution in [2.24, 2.45) is 0 Å². The van der Waals surface area contributed by atoms with Gasteiger partial charge in [-0.15, -0.1) is 0 Å². The normalized spacial score (nSPS) is 12.9. The Morgan fingerprint density at radius 3 is 1.53 bits per heavy atom.